The molecule has 0 atom stereocenters. The van der Waals surface area contributed by atoms with Crippen LogP contribution in [0.2, 0.25) is 0 Å². The van der Waals surface area contributed by atoms with E-state index in [1.807, 2.05) is 60.7 Å². The Morgan fingerprint density at radius 2 is 1.39 bits per heavy atom. The van der Waals surface area contributed by atoms with Crippen LogP contribution in [0, 0.1) is 0 Å². The van der Waals surface area contributed by atoms with Crippen molar-refractivity contribution >= 4 is 24.0 Å². The van der Waals surface area contributed by atoms with Crippen molar-refractivity contribution < 1.29 is 19.5 Å². The summed E-state index contributed by atoms with van der Waals surface area (Å²) >= 11 is 0. The third-order valence-electron chi connectivity index (χ3n) is 4.51. The lowest BCUT2D eigenvalue weighted by Gasteiger charge is -2.17. The standard InChI is InChI=1S/C24H21N3O4/c28-21(27-26-15-17-11-13-20(14-12-17)24(30)31)16-25-23(29)22(18-7-3-1-4-8-18)19-9-5-2-6-10-19/h1-15,22H,16H2,(H,25,29)(H,27,28)(H,30,31)/b26-15-. The highest BCUT2D eigenvalue weighted by atomic mass is 16.4. The number of carboxylic acid groups (broad SMARTS) is 1. The molecular weight excluding hydrogens is 394 g/mol. The lowest BCUT2D eigenvalue weighted by Crippen LogP contribution is -2.37. The molecule has 0 saturated carbocycles. The molecule has 0 bridgehead atoms. The van der Waals surface area contributed by atoms with Gasteiger partial charge in [-0.2, -0.15) is 5.10 Å². The monoisotopic (exact) mass is 415 g/mol. The molecule has 0 fully saturated rings. The van der Waals surface area contributed by atoms with Crippen molar-refractivity contribution in [2.24, 2.45) is 5.10 Å². The summed E-state index contributed by atoms with van der Waals surface area (Å²) in [7, 11) is 0. The van der Waals surface area contributed by atoms with Gasteiger partial charge >= 0.3 is 5.97 Å². The lowest BCUT2D eigenvalue weighted by atomic mass is 9.90. The van der Waals surface area contributed by atoms with Crippen molar-refractivity contribution in [3.63, 3.8) is 0 Å². The third-order valence-corrected chi connectivity index (χ3v) is 4.51. The topological polar surface area (TPSA) is 108 Å². The molecule has 3 rings (SSSR count). The van der Waals surface area contributed by atoms with Crippen LogP contribution in [0.25, 0.3) is 0 Å². The molecule has 0 aliphatic heterocycles. The van der Waals surface area contributed by atoms with Gasteiger partial charge in [-0.1, -0.05) is 72.8 Å². The normalized spacial score (nSPS) is 10.7. The number of hydrogen-bond donors (Lipinski definition) is 3. The fraction of sp³-hybridized carbons (Fsp3) is 0.0833. The minimum absolute atomic E-state index is 0.162. The van der Waals surface area contributed by atoms with E-state index in [1.54, 1.807) is 12.1 Å². The third kappa shape index (κ3) is 6.11. The van der Waals surface area contributed by atoms with Gasteiger partial charge in [0.25, 0.3) is 5.91 Å². The molecule has 0 aliphatic carbocycles. The van der Waals surface area contributed by atoms with Crippen LogP contribution in [0.4, 0.5) is 0 Å². The quantitative estimate of drug-likeness (QED) is 0.388. The summed E-state index contributed by atoms with van der Waals surface area (Å²) in [5.41, 5.74) is 4.79. The average molecular weight is 415 g/mol. The second-order valence-electron chi connectivity index (χ2n) is 6.69. The maximum Gasteiger partial charge on any atom is 0.335 e. The first kappa shape index (κ1) is 21.4. The van der Waals surface area contributed by atoms with Crippen LogP contribution in [0.1, 0.15) is 33.0 Å². The van der Waals surface area contributed by atoms with E-state index in [2.05, 4.69) is 15.8 Å². The van der Waals surface area contributed by atoms with E-state index in [4.69, 9.17) is 5.11 Å². The molecule has 0 spiro atoms. The number of carbonyl (C=O) groups excluding carboxylic acids is 2. The number of amides is 2. The number of rotatable bonds is 8. The molecule has 3 aromatic carbocycles. The van der Waals surface area contributed by atoms with E-state index in [-0.39, 0.29) is 18.0 Å². The fourth-order valence-corrected chi connectivity index (χ4v) is 2.99. The van der Waals surface area contributed by atoms with E-state index in [9.17, 15) is 14.4 Å². The molecule has 3 aromatic rings. The lowest BCUT2D eigenvalue weighted by molar-refractivity contribution is -0.126. The Balaban J connectivity index is 1.58. The Morgan fingerprint density at radius 3 is 1.90 bits per heavy atom. The Labute approximate surface area is 179 Å². The number of carboxylic acids is 1. The highest BCUT2D eigenvalue weighted by Gasteiger charge is 2.22. The van der Waals surface area contributed by atoms with Gasteiger partial charge in [0, 0.05) is 0 Å². The molecule has 156 valence electrons. The summed E-state index contributed by atoms with van der Waals surface area (Å²) in [6, 6.07) is 24.7. The molecule has 31 heavy (non-hydrogen) atoms. The molecule has 0 saturated heterocycles. The zero-order valence-corrected chi connectivity index (χ0v) is 16.6. The second-order valence-corrected chi connectivity index (χ2v) is 6.69. The number of aromatic carboxylic acids is 1. The van der Waals surface area contributed by atoms with Crippen molar-refractivity contribution in [3.8, 4) is 0 Å². The Bertz CT molecular complexity index is 1030. The summed E-state index contributed by atoms with van der Waals surface area (Å²) < 4.78 is 0. The Hall–Kier alpha value is -4.26. The number of benzene rings is 3. The minimum Gasteiger partial charge on any atom is -0.478 e. The van der Waals surface area contributed by atoms with Gasteiger partial charge < -0.3 is 10.4 Å². The van der Waals surface area contributed by atoms with Crippen molar-refractivity contribution in [2.75, 3.05) is 6.54 Å². The molecule has 3 N–H and O–H groups in total. The van der Waals surface area contributed by atoms with Crippen LogP contribution in [-0.4, -0.2) is 35.6 Å². The first-order valence-corrected chi connectivity index (χ1v) is 9.57. The highest BCUT2D eigenvalue weighted by molar-refractivity contribution is 5.91. The smallest absolute Gasteiger partial charge is 0.335 e. The molecule has 0 unspecified atom stereocenters. The molecule has 0 heterocycles. The van der Waals surface area contributed by atoms with E-state index < -0.39 is 17.8 Å². The second kappa shape index (κ2) is 10.5. The van der Waals surface area contributed by atoms with Gasteiger partial charge in [-0.25, -0.2) is 10.2 Å². The van der Waals surface area contributed by atoms with E-state index in [1.165, 1.54) is 18.3 Å². The number of nitrogens with zero attached hydrogens (tertiary/aromatic N) is 1. The van der Waals surface area contributed by atoms with Gasteiger partial charge in [0.15, 0.2) is 0 Å². The van der Waals surface area contributed by atoms with E-state index in [0.29, 0.717) is 5.56 Å². The van der Waals surface area contributed by atoms with Gasteiger partial charge in [0.2, 0.25) is 5.91 Å². The summed E-state index contributed by atoms with van der Waals surface area (Å²) in [5.74, 6) is -2.32. The zero-order chi connectivity index (χ0) is 22.1. The number of carbonyl (C=O) groups is 3. The highest BCUT2D eigenvalue weighted by Crippen LogP contribution is 2.24. The van der Waals surface area contributed by atoms with Crippen LogP contribution in [0.3, 0.4) is 0 Å². The first-order valence-electron chi connectivity index (χ1n) is 9.57. The molecular formula is C24H21N3O4. The van der Waals surface area contributed by atoms with Crippen molar-refractivity contribution in [3.05, 3.63) is 107 Å². The van der Waals surface area contributed by atoms with Crippen LogP contribution in [0.15, 0.2) is 90.0 Å². The largest absolute Gasteiger partial charge is 0.478 e. The van der Waals surface area contributed by atoms with Gasteiger partial charge in [0.05, 0.1) is 24.2 Å². The molecule has 2 amide bonds. The van der Waals surface area contributed by atoms with Gasteiger partial charge in [-0.15, -0.1) is 0 Å². The Morgan fingerprint density at radius 1 is 0.839 bits per heavy atom. The summed E-state index contributed by atoms with van der Waals surface area (Å²) in [4.78, 5) is 35.8. The van der Waals surface area contributed by atoms with Gasteiger partial charge in [-0.05, 0) is 28.8 Å². The van der Waals surface area contributed by atoms with Crippen LogP contribution in [-0.2, 0) is 9.59 Å². The average Bonchev–Trinajstić information content (AvgIpc) is 2.80. The van der Waals surface area contributed by atoms with Gasteiger partial charge in [-0.3, -0.25) is 9.59 Å². The summed E-state index contributed by atoms with van der Waals surface area (Å²) in [6.07, 6.45) is 1.39. The molecule has 0 radical (unpaired) electrons. The fourth-order valence-electron chi connectivity index (χ4n) is 2.99. The molecule has 0 aliphatic rings. The van der Waals surface area contributed by atoms with Crippen LogP contribution in [0.5, 0.6) is 0 Å². The number of nitrogens with one attached hydrogen (secondary N) is 2. The predicted molar refractivity (Wildman–Crippen MR) is 117 cm³/mol. The molecule has 7 nitrogen and oxygen atoms in total. The van der Waals surface area contributed by atoms with Crippen LogP contribution < -0.4 is 10.7 Å². The minimum atomic E-state index is -1.02. The predicted octanol–water partition coefficient (Wildman–Crippen LogP) is 2.78. The Kier molecular flexibility index (Phi) is 7.26. The number of hydrogen-bond acceptors (Lipinski definition) is 4. The maximum absolute atomic E-state index is 12.9. The molecule has 7 heteroatoms. The maximum atomic E-state index is 12.9. The van der Waals surface area contributed by atoms with Crippen molar-refractivity contribution in [1.29, 1.82) is 0 Å². The van der Waals surface area contributed by atoms with Crippen molar-refractivity contribution in [1.82, 2.24) is 10.7 Å². The molecule has 0 aromatic heterocycles. The zero-order valence-electron chi connectivity index (χ0n) is 16.6. The van der Waals surface area contributed by atoms with E-state index in [0.717, 1.165) is 11.1 Å². The van der Waals surface area contributed by atoms with Crippen molar-refractivity contribution in [2.45, 2.75) is 5.92 Å². The SMILES string of the molecule is O=C(CNC(=O)C(c1ccccc1)c1ccccc1)N/N=C\c1ccc(C(=O)O)cc1. The summed E-state index contributed by atoms with van der Waals surface area (Å²) in [6.45, 7) is -0.232. The van der Waals surface area contributed by atoms with Gasteiger partial charge in [0.1, 0.15) is 0 Å². The summed E-state index contributed by atoms with van der Waals surface area (Å²) in [5, 5.41) is 15.4. The first-order chi connectivity index (χ1) is 15.0. The van der Waals surface area contributed by atoms with E-state index >= 15 is 0 Å². The van der Waals surface area contributed by atoms with Crippen LogP contribution >= 0.6 is 0 Å². The number of hydrazone groups is 1.